The Morgan fingerprint density at radius 1 is 1.28 bits per heavy atom. The van der Waals surface area contributed by atoms with E-state index in [2.05, 4.69) is 0 Å². The van der Waals surface area contributed by atoms with Gasteiger partial charge in [0.25, 0.3) is 0 Å². The van der Waals surface area contributed by atoms with Crippen molar-refractivity contribution in [2.45, 2.75) is 26.2 Å². The fraction of sp³-hybridized carbons (Fsp3) is 0.429. The first-order valence-corrected chi connectivity index (χ1v) is 6.08. The number of aryl methyl sites for hydroxylation is 1. The zero-order chi connectivity index (χ0) is 13.4. The zero-order valence-corrected chi connectivity index (χ0v) is 10.5. The molecule has 18 heavy (non-hydrogen) atoms. The van der Waals surface area contributed by atoms with Crippen LogP contribution in [0.15, 0.2) is 30.3 Å². The molecule has 0 aliphatic carbocycles. The molecule has 0 saturated heterocycles. The van der Waals surface area contributed by atoms with Gasteiger partial charge in [0, 0.05) is 0 Å². The third-order valence-electron chi connectivity index (χ3n) is 2.67. The van der Waals surface area contributed by atoms with Crippen molar-refractivity contribution in [1.82, 2.24) is 0 Å². The van der Waals surface area contributed by atoms with Crippen molar-refractivity contribution >= 4 is 11.9 Å². The van der Waals surface area contributed by atoms with Gasteiger partial charge in [0.15, 0.2) is 5.92 Å². The van der Waals surface area contributed by atoms with Gasteiger partial charge in [-0.3, -0.25) is 9.59 Å². The number of carbonyl (C=O) groups excluding carboxylic acids is 1. The summed E-state index contributed by atoms with van der Waals surface area (Å²) in [6.45, 7) is 1.88. The highest BCUT2D eigenvalue weighted by Crippen LogP contribution is 2.13. The van der Waals surface area contributed by atoms with Crippen LogP contribution in [-0.2, 0) is 20.7 Å². The average Bonchev–Trinajstić information content (AvgIpc) is 2.35. The van der Waals surface area contributed by atoms with E-state index in [1.165, 1.54) is 0 Å². The minimum absolute atomic E-state index is 0.210. The van der Waals surface area contributed by atoms with Crippen molar-refractivity contribution in [3.63, 3.8) is 0 Å². The SMILES string of the molecule is CCOC(=O)[C@H](CCCc1ccccc1)C(=O)O. The third-order valence-corrected chi connectivity index (χ3v) is 2.67. The average molecular weight is 250 g/mol. The van der Waals surface area contributed by atoms with Gasteiger partial charge >= 0.3 is 11.9 Å². The maximum atomic E-state index is 11.4. The molecule has 0 radical (unpaired) electrons. The first-order valence-electron chi connectivity index (χ1n) is 6.08. The van der Waals surface area contributed by atoms with Crippen LogP contribution in [-0.4, -0.2) is 23.7 Å². The van der Waals surface area contributed by atoms with Gasteiger partial charge in [0.2, 0.25) is 0 Å². The van der Waals surface area contributed by atoms with E-state index in [9.17, 15) is 9.59 Å². The lowest BCUT2D eigenvalue weighted by atomic mass is 10.00. The maximum Gasteiger partial charge on any atom is 0.320 e. The van der Waals surface area contributed by atoms with Crippen molar-refractivity contribution in [1.29, 1.82) is 0 Å². The Morgan fingerprint density at radius 2 is 1.94 bits per heavy atom. The van der Waals surface area contributed by atoms with Gasteiger partial charge in [-0.25, -0.2) is 0 Å². The monoisotopic (exact) mass is 250 g/mol. The van der Waals surface area contributed by atoms with Crippen LogP contribution in [0.2, 0.25) is 0 Å². The Morgan fingerprint density at radius 3 is 2.50 bits per heavy atom. The Labute approximate surface area is 107 Å². The second kappa shape index (κ2) is 7.48. The van der Waals surface area contributed by atoms with Gasteiger partial charge in [0.1, 0.15) is 0 Å². The van der Waals surface area contributed by atoms with Crippen molar-refractivity contribution < 1.29 is 19.4 Å². The van der Waals surface area contributed by atoms with E-state index in [1.807, 2.05) is 30.3 Å². The van der Waals surface area contributed by atoms with E-state index in [1.54, 1.807) is 6.92 Å². The molecule has 0 heterocycles. The number of esters is 1. The molecule has 1 N–H and O–H groups in total. The molecular weight excluding hydrogens is 232 g/mol. The van der Waals surface area contributed by atoms with Gasteiger partial charge < -0.3 is 9.84 Å². The molecule has 0 saturated carbocycles. The zero-order valence-electron chi connectivity index (χ0n) is 10.5. The normalized spacial score (nSPS) is 11.8. The number of rotatable bonds is 7. The van der Waals surface area contributed by atoms with Gasteiger partial charge in [0.05, 0.1) is 6.61 Å². The highest BCUT2D eigenvalue weighted by Gasteiger charge is 2.26. The van der Waals surface area contributed by atoms with E-state index < -0.39 is 17.9 Å². The van der Waals surface area contributed by atoms with E-state index >= 15 is 0 Å². The van der Waals surface area contributed by atoms with Crippen molar-refractivity contribution in [3.05, 3.63) is 35.9 Å². The summed E-state index contributed by atoms with van der Waals surface area (Å²) < 4.78 is 4.75. The quantitative estimate of drug-likeness (QED) is 0.595. The molecule has 0 aromatic heterocycles. The number of benzene rings is 1. The molecule has 1 atom stereocenters. The van der Waals surface area contributed by atoms with Crippen LogP contribution in [0.1, 0.15) is 25.3 Å². The molecule has 0 aliphatic heterocycles. The summed E-state index contributed by atoms with van der Waals surface area (Å²) in [7, 11) is 0. The number of carbonyl (C=O) groups is 2. The van der Waals surface area contributed by atoms with Crippen LogP contribution in [0.25, 0.3) is 0 Å². The molecule has 0 spiro atoms. The number of ether oxygens (including phenoxy) is 1. The van der Waals surface area contributed by atoms with E-state index in [-0.39, 0.29) is 6.61 Å². The predicted molar refractivity (Wildman–Crippen MR) is 67.1 cm³/mol. The second-order valence-electron chi connectivity index (χ2n) is 4.02. The van der Waals surface area contributed by atoms with Crippen LogP contribution in [0.4, 0.5) is 0 Å². The number of carboxylic acid groups (broad SMARTS) is 1. The first-order chi connectivity index (χ1) is 8.65. The molecule has 0 fully saturated rings. The van der Waals surface area contributed by atoms with E-state index in [0.717, 1.165) is 12.0 Å². The molecule has 98 valence electrons. The van der Waals surface area contributed by atoms with Crippen molar-refractivity contribution in [3.8, 4) is 0 Å². The fourth-order valence-electron chi connectivity index (χ4n) is 1.74. The van der Waals surface area contributed by atoms with Crippen LogP contribution >= 0.6 is 0 Å². The molecule has 0 aliphatic rings. The summed E-state index contributed by atoms with van der Waals surface area (Å²) in [5.41, 5.74) is 1.14. The van der Waals surface area contributed by atoms with E-state index in [0.29, 0.717) is 12.8 Å². The minimum atomic E-state index is -1.11. The highest BCUT2D eigenvalue weighted by molar-refractivity contribution is 5.93. The van der Waals surface area contributed by atoms with Gasteiger partial charge in [-0.05, 0) is 31.7 Å². The first kappa shape index (κ1) is 14.2. The second-order valence-corrected chi connectivity index (χ2v) is 4.02. The fourth-order valence-corrected chi connectivity index (χ4v) is 1.74. The van der Waals surface area contributed by atoms with Gasteiger partial charge in [-0.2, -0.15) is 0 Å². The van der Waals surface area contributed by atoms with Crippen molar-refractivity contribution in [2.24, 2.45) is 5.92 Å². The minimum Gasteiger partial charge on any atom is -0.481 e. The molecule has 1 aromatic rings. The smallest absolute Gasteiger partial charge is 0.320 e. The van der Waals surface area contributed by atoms with E-state index in [4.69, 9.17) is 9.84 Å². The molecule has 0 amide bonds. The molecule has 4 nitrogen and oxygen atoms in total. The lowest BCUT2D eigenvalue weighted by Gasteiger charge is -2.10. The molecule has 0 unspecified atom stereocenters. The van der Waals surface area contributed by atoms with Crippen LogP contribution in [0.5, 0.6) is 0 Å². The van der Waals surface area contributed by atoms with Crippen LogP contribution in [0, 0.1) is 5.92 Å². The molecule has 0 bridgehead atoms. The predicted octanol–water partition coefficient (Wildman–Crippen LogP) is 2.27. The summed E-state index contributed by atoms with van der Waals surface area (Å²) >= 11 is 0. The molecule has 4 heteroatoms. The van der Waals surface area contributed by atoms with Gasteiger partial charge in [-0.15, -0.1) is 0 Å². The van der Waals surface area contributed by atoms with Crippen LogP contribution < -0.4 is 0 Å². The van der Waals surface area contributed by atoms with Gasteiger partial charge in [-0.1, -0.05) is 30.3 Å². The lowest BCUT2D eigenvalue weighted by molar-refractivity contribution is -0.158. The lowest BCUT2D eigenvalue weighted by Crippen LogP contribution is -2.26. The largest absolute Gasteiger partial charge is 0.481 e. The number of hydrogen-bond acceptors (Lipinski definition) is 3. The maximum absolute atomic E-state index is 11.4. The molecule has 1 aromatic carbocycles. The number of carboxylic acids is 1. The topological polar surface area (TPSA) is 63.6 Å². The molecule has 1 rings (SSSR count). The van der Waals surface area contributed by atoms with Crippen LogP contribution in [0.3, 0.4) is 0 Å². The Bertz CT molecular complexity index is 386. The Balaban J connectivity index is 2.43. The summed E-state index contributed by atoms with van der Waals surface area (Å²) in [6, 6.07) is 9.78. The number of aliphatic carboxylic acids is 1. The Hall–Kier alpha value is -1.84. The highest BCUT2D eigenvalue weighted by atomic mass is 16.5. The molecular formula is C14H18O4. The standard InChI is InChI=1S/C14H18O4/c1-2-18-14(17)12(13(15)16)10-6-9-11-7-4-3-5-8-11/h3-5,7-8,12H,2,6,9-10H2,1H3,(H,15,16)/t12-/m1/s1. The Kier molecular flexibility index (Phi) is 5.91. The van der Waals surface area contributed by atoms with Crippen molar-refractivity contribution in [2.75, 3.05) is 6.61 Å². The summed E-state index contributed by atoms with van der Waals surface area (Å²) in [4.78, 5) is 22.4. The summed E-state index contributed by atoms with van der Waals surface area (Å²) in [5, 5.41) is 8.97. The third kappa shape index (κ3) is 4.57. The number of hydrogen-bond donors (Lipinski definition) is 1. The summed E-state index contributed by atoms with van der Waals surface area (Å²) in [5.74, 6) is -2.80. The summed E-state index contributed by atoms with van der Waals surface area (Å²) in [6.07, 6.45) is 1.73.